The van der Waals surface area contributed by atoms with Gasteiger partial charge in [-0.05, 0) is 12.1 Å². The molecule has 0 aliphatic carbocycles. The van der Waals surface area contributed by atoms with Crippen molar-refractivity contribution in [2.24, 2.45) is 0 Å². The van der Waals surface area contributed by atoms with E-state index in [1.165, 1.54) is 0 Å². The van der Waals surface area contributed by atoms with Gasteiger partial charge in [-0.2, -0.15) is 0 Å². The van der Waals surface area contributed by atoms with Gasteiger partial charge in [0.15, 0.2) is 0 Å². The first-order chi connectivity index (χ1) is 6.90. The molecule has 0 amide bonds. The van der Waals surface area contributed by atoms with Crippen LogP contribution < -0.4 is 0 Å². The van der Waals surface area contributed by atoms with E-state index in [1.54, 1.807) is 18.6 Å². The molecule has 0 atom stereocenters. The molecule has 2 heterocycles. The van der Waals surface area contributed by atoms with Crippen molar-refractivity contribution in [1.82, 2.24) is 15.0 Å². The Morgan fingerprint density at radius 2 is 2.07 bits per heavy atom. The summed E-state index contributed by atoms with van der Waals surface area (Å²) in [6, 6.07) is 3.78. The lowest BCUT2D eigenvalue weighted by atomic mass is 10.2. The quantitative estimate of drug-likeness (QED) is 0.757. The fourth-order valence-corrected chi connectivity index (χ4v) is 1.26. The summed E-state index contributed by atoms with van der Waals surface area (Å²) in [5, 5.41) is 8.74. The van der Waals surface area contributed by atoms with Crippen LogP contribution in [0, 0.1) is 0 Å². The van der Waals surface area contributed by atoms with E-state index in [4.69, 9.17) is 5.11 Å². The van der Waals surface area contributed by atoms with Crippen LogP contribution in [0.25, 0.3) is 11.4 Å². The van der Waals surface area contributed by atoms with Crippen molar-refractivity contribution >= 4 is 0 Å². The van der Waals surface area contributed by atoms with Gasteiger partial charge in [-0.3, -0.25) is 4.98 Å². The summed E-state index contributed by atoms with van der Waals surface area (Å²) in [6.07, 6.45) is 5.80. The zero-order valence-electron chi connectivity index (χ0n) is 7.64. The second-order valence-corrected chi connectivity index (χ2v) is 2.97. The van der Waals surface area contributed by atoms with Crippen molar-refractivity contribution in [2.75, 3.05) is 6.61 Å². The van der Waals surface area contributed by atoms with E-state index in [2.05, 4.69) is 15.0 Å². The molecule has 0 radical (unpaired) electrons. The molecule has 0 aliphatic rings. The lowest BCUT2D eigenvalue weighted by molar-refractivity contribution is 0.298. The molecule has 0 aromatic carbocycles. The molecule has 0 bridgehead atoms. The normalized spacial score (nSPS) is 10.4. The van der Waals surface area contributed by atoms with Crippen LogP contribution in [-0.4, -0.2) is 26.7 Å². The number of H-pyrrole nitrogens is 1. The Morgan fingerprint density at radius 3 is 2.79 bits per heavy atom. The van der Waals surface area contributed by atoms with Crippen molar-refractivity contribution in [3.63, 3.8) is 0 Å². The Kier molecular flexibility index (Phi) is 2.55. The van der Waals surface area contributed by atoms with Crippen LogP contribution in [0.2, 0.25) is 0 Å². The van der Waals surface area contributed by atoms with Crippen LogP contribution in [0.4, 0.5) is 0 Å². The fraction of sp³-hybridized carbons (Fsp3) is 0.200. The number of nitrogens with one attached hydrogen (secondary N) is 1. The Morgan fingerprint density at radius 1 is 1.29 bits per heavy atom. The third-order valence-corrected chi connectivity index (χ3v) is 1.96. The highest BCUT2D eigenvalue weighted by Gasteiger charge is 2.01. The molecule has 2 N–H and O–H groups in total. The van der Waals surface area contributed by atoms with Crippen LogP contribution >= 0.6 is 0 Å². The second-order valence-electron chi connectivity index (χ2n) is 2.97. The van der Waals surface area contributed by atoms with Gasteiger partial charge in [0.25, 0.3) is 0 Å². The molecule has 14 heavy (non-hydrogen) atoms. The number of aromatic nitrogens is 3. The molecule has 0 spiro atoms. The van der Waals surface area contributed by atoms with Crippen LogP contribution in [0.5, 0.6) is 0 Å². The zero-order chi connectivity index (χ0) is 9.80. The van der Waals surface area contributed by atoms with E-state index in [9.17, 15) is 0 Å². The van der Waals surface area contributed by atoms with E-state index in [0.29, 0.717) is 6.42 Å². The molecule has 4 heteroatoms. The van der Waals surface area contributed by atoms with Crippen molar-refractivity contribution < 1.29 is 5.11 Å². The highest BCUT2D eigenvalue weighted by atomic mass is 16.3. The number of hydrogen-bond acceptors (Lipinski definition) is 3. The first kappa shape index (κ1) is 8.90. The minimum atomic E-state index is 0.137. The molecule has 0 saturated heterocycles. The Bertz CT molecular complexity index is 397. The summed E-state index contributed by atoms with van der Waals surface area (Å²) in [5.41, 5.74) is 1.95. The summed E-state index contributed by atoms with van der Waals surface area (Å²) in [5.74, 6) is 0.816. The van der Waals surface area contributed by atoms with Crippen LogP contribution in [0.3, 0.4) is 0 Å². The summed E-state index contributed by atoms with van der Waals surface area (Å²) in [6.45, 7) is 0.137. The first-order valence-electron chi connectivity index (χ1n) is 4.45. The SMILES string of the molecule is OCCc1cnc(-c2ccncc2)[nH]1. The van der Waals surface area contributed by atoms with Gasteiger partial charge in [0, 0.05) is 42.9 Å². The van der Waals surface area contributed by atoms with Crippen molar-refractivity contribution in [3.8, 4) is 11.4 Å². The minimum absolute atomic E-state index is 0.137. The van der Waals surface area contributed by atoms with Gasteiger partial charge in [-0.15, -0.1) is 0 Å². The number of aromatic amines is 1. The standard InChI is InChI=1S/C10H11N3O/c14-6-3-9-7-12-10(13-9)8-1-4-11-5-2-8/h1-2,4-5,7,14H,3,6H2,(H,12,13). The molecule has 0 saturated carbocycles. The van der Waals surface area contributed by atoms with Gasteiger partial charge in [-0.25, -0.2) is 4.98 Å². The topological polar surface area (TPSA) is 61.8 Å². The summed E-state index contributed by atoms with van der Waals surface area (Å²) < 4.78 is 0. The highest BCUT2D eigenvalue weighted by Crippen LogP contribution is 2.13. The van der Waals surface area contributed by atoms with Crippen molar-refractivity contribution in [1.29, 1.82) is 0 Å². The van der Waals surface area contributed by atoms with Gasteiger partial charge in [0.1, 0.15) is 5.82 Å². The average molecular weight is 189 g/mol. The smallest absolute Gasteiger partial charge is 0.137 e. The number of rotatable bonds is 3. The maximum Gasteiger partial charge on any atom is 0.137 e. The van der Waals surface area contributed by atoms with Gasteiger partial charge in [0.2, 0.25) is 0 Å². The predicted octanol–water partition coefficient (Wildman–Crippen LogP) is 1.01. The number of nitrogens with zero attached hydrogens (tertiary/aromatic N) is 2. The maximum atomic E-state index is 8.74. The van der Waals surface area contributed by atoms with E-state index in [-0.39, 0.29) is 6.61 Å². The Hall–Kier alpha value is -1.68. The summed E-state index contributed by atoms with van der Waals surface area (Å²) in [7, 11) is 0. The van der Waals surface area contributed by atoms with Gasteiger partial charge in [0.05, 0.1) is 0 Å². The number of pyridine rings is 1. The number of aliphatic hydroxyl groups is 1. The molecule has 0 unspecified atom stereocenters. The molecule has 0 fully saturated rings. The van der Waals surface area contributed by atoms with E-state index in [0.717, 1.165) is 17.1 Å². The highest BCUT2D eigenvalue weighted by molar-refractivity contribution is 5.53. The maximum absolute atomic E-state index is 8.74. The fourth-order valence-electron chi connectivity index (χ4n) is 1.26. The average Bonchev–Trinajstić information content (AvgIpc) is 2.68. The monoisotopic (exact) mass is 189 g/mol. The number of imidazole rings is 1. The number of aliphatic hydroxyl groups excluding tert-OH is 1. The van der Waals surface area contributed by atoms with E-state index < -0.39 is 0 Å². The molecule has 72 valence electrons. The molecule has 4 nitrogen and oxygen atoms in total. The lowest BCUT2D eigenvalue weighted by Crippen LogP contribution is -1.90. The van der Waals surface area contributed by atoms with Crippen molar-refractivity contribution in [2.45, 2.75) is 6.42 Å². The van der Waals surface area contributed by atoms with Crippen LogP contribution in [0.15, 0.2) is 30.7 Å². The molecule has 2 aromatic heterocycles. The van der Waals surface area contributed by atoms with Crippen LogP contribution in [-0.2, 0) is 6.42 Å². The molecular formula is C10H11N3O. The van der Waals surface area contributed by atoms with Gasteiger partial charge in [-0.1, -0.05) is 0 Å². The number of hydrogen-bond donors (Lipinski definition) is 2. The third kappa shape index (κ3) is 1.80. The summed E-state index contributed by atoms with van der Waals surface area (Å²) in [4.78, 5) is 11.3. The van der Waals surface area contributed by atoms with E-state index in [1.807, 2.05) is 12.1 Å². The Balaban J connectivity index is 2.25. The predicted molar refractivity (Wildman–Crippen MR) is 52.6 cm³/mol. The van der Waals surface area contributed by atoms with Gasteiger partial charge >= 0.3 is 0 Å². The first-order valence-corrected chi connectivity index (χ1v) is 4.45. The zero-order valence-corrected chi connectivity index (χ0v) is 7.64. The van der Waals surface area contributed by atoms with Crippen molar-refractivity contribution in [3.05, 3.63) is 36.4 Å². The molecule has 2 rings (SSSR count). The van der Waals surface area contributed by atoms with E-state index >= 15 is 0 Å². The second kappa shape index (κ2) is 4.02. The molecular weight excluding hydrogens is 178 g/mol. The molecule has 0 aliphatic heterocycles. The van der Waals surface area contributed by atoms with Crippen LogP contribution in [0.1, 0.15) is 5.69 Å². The third-order valence-electron chi connectivity index (χ3n) is 1.96. The Labute approximate surface area is 81.7 Å². The van der Waals surface area contributed by atoms with Gasteiger partial charge < -0.3 is 10.1 Å². The lowest BCUT2D eigenvalue weighted by Gasteiger charge is -1.94. The minimum Gasteiger partial charge on any atom is -0.396 e. The molecule has 2 aromatic rings. The largest absolute Gasteiger partial charge is 0.396 e. The summed E-state index contributed by atoms with van der Waals surface area (Å²) >= 11 is 0.